The van der Waals surface area contributed by atoms with Crippen LogP contribution in [0.1, 0.15) is 21.7 Å². The second-order valence-corrected chi connectivity index (χ2v) is 3.82. The summed E-state index contributed by atoms with van der Waals surface area (Å²) in [7, 11) is 0. The van der Waals surface area contributed by atoms with Crippen molar-refractivity contribution < 1.29 is 9.90 Å². The van der Waals surface area contributed by atoms with Gasteiger partial charge in [0.2, 0.25) is 0 Å². The first-order valence-electron chi connectivity index (χ1n) is 5.22. The first-order valence-corrected chi connectivity index (χ1v) is 5.22. The molecule has 0 bridgehead atoms. The van der Waals surface area contributed by atoms with Crippen LogP contribution in [0.15, 0.2) is 30.5 Å². The number of aryl methyl sites for hydroxylation is 2. The van der Waals surface area contributed by atoms with E-state index in [0.29, 0.717) is 17.0 Å². The zero-order valence-corrected chi connectivity index (χ0v) is 9.64. The highest BCUT2D eigenvalue weighted by Gasteiger charge is 2.15. The molecule has 0 amide bonds. The van der Waals surface area contributed by atoms with Crippen LogP contribution in [0.2, 0.25) is 0 Å². The zero-order chi connectivity index (χ0) is 12.4. The minimum atomic E-state index is -1.03. The SMILES string of the molecule is Cc1ccc(-c2ncccc2C)c(C(=O)O)n1. The summed E-state index contributed by atoms with van der Waals surface area (Å²) in [6.07, 6.45) is 1.65. The Morgan fingerprint density at radius 2 is 2.00 bits per heavy atom. The standard InChI is InChI=1S/C13H12N2O2/c1-8-4-3-7-14-11(8)10-6-5-9(2)15-12(10)13(16)17/h3-7H,1-2H3,(H,16,17). The lowest BCUT2D eigenvalue weighted by atomic mass is 10.0. The van der Waals surface area contributed by atoms with Crippen LogP contribution in [0.5, 0.6) is 0 Å². The van der Waals surface area contributed by atoms with Crippen molar-refractivity contribution >= 4 is 5.97 Å². The summed E-state index contributed by atoms with van der Waals surface area (Å²) in [5, 5.41) is 9.15. The van der Waals surface area contributed by atoms with Crippen molar-refractivity contribution in [2.45, 2.75) is 13.8 Å². The molecule has 4 nitrogen and oxygen atoms in total. The van der Waals surface area contributed by atoms with Gasteiger partial charge in [0, 0.05) is 17.5 Å². The largest absolute Gasteiger partial charge is 0.476 e. The highest BCUT2D eigenvalue weighted by molar-refractivity contribution is 5.93. The number of pyridine rings is 2. The Labute approximate surface area is 99.0 Å². The molecule has 0 spiro atoms. The van der Waals surface area contributed by atoms with E-state index in [-0.39, 0.29) is 5.69 Å². The van der Waals surface area contributed by atoms with E-state index in [1.54, 1.807) is 25.3 Å². The molecule has 1 N–H and O–H groups in total. The maximum absolute atomic E-state index is 11.2. The Kier molecular flexibility index (Phi) is 2.87. The van der Waals surface area contributed by atoms with E-state index in [0.717, 1.165) is 5.56 Å². The zero-order valence-electron chi connectivity index (χ0n) is 9.64. The minimum Gasteiger partial charge on any atom is -0.476 e. The van der Waals surface area contributed by atoms with Gasteiger partial charge in [-0.1, -0.05) is 6.07 Å². The van der Waals surface area contributed by atoms with E-state index in [1.807, 2.05) is 19.1 Å². The molecule has 0 aromatic carbocycles. The number of carboxylic acids is 1. The molecule has 0 atom stereocenters. The summed E-state index contributed by atoms with van der Waals surface area (Å²) in [5.41, 5.74) is 2.88. The van der Waals surface area contributed by atoms with Crippen LogP contribution in [-0.2, 0) is 0 Å². The number of carbonyl (C=O) groups is 1. The van der Waals surface area contributed by atoms with Gasteiger partial charge in [-0.05, 0) is 37.6 Å². The number of nitrogens with zero attached hydrogens (tertiary/aromatic N) is 2. The molecule has 0 saturated carbocycles. The molecule has 2 heterocycles. The maximum Gasteiger partial charge on any atom is 0.355 e. The van der Waals surface area contributed by atoms with Gasteiger partial charge >= 0.3 is 5.97 Å². The van der Waals surface area contributed by atoms with Gasteiger partial charge in [0.25, 0.3) is 0 Å². The molecule has 0 fully saturated rings. The van der Waals surface area contributed by atoms with Gasteiger partial charge in [-0.3, -0.25) is 4.98 Å². The Morgan fingerprint density at radius 1 is 1.24 bits per heavy atom. The summed E-state index contributed by atoms with van der Waals surface area (Å²) in [6, 6.07) is 7.26. The molecule has 2 rings (SSSR count). The van der Waals surface area contributed by atoms with Crippen molar-refractivity contribution in [2.75, 3.05) is 0 Å². The van der Waals surface area contributed by atoms with Crippen LogP contribution in [0.3, 0.4) is 0 Å². The van der Waals surface area contributed by atoms with Crippen molar-refractivity contribution in [2.24, 2.45) is 0 Å². The predicted octanol–water partition coefficient (Wildman–Crippen LogP) is 2.46. The fourth-order valence-corrected chi connectivity index (χ4v) is 1.68. The Morgan fingerprint density at radius 3 is 2.65 bits per heavy atom. The van der Waals surface area contributed by atoms with Crippen molar-refractivity contribution in [3.63, 3.8) is 0 Å². The smallest absolute Gasteiger partial charge is 0.355 e. The molecule has 0 aliphatic rings. The number of aromatic carboxylic acids is 1. The van der Waals surface area contributed by atoms with E-state index in [4.69, 9.17) is 5.11 Å². The normalized spacial score (nSPS) is 10.2. The summed E-state index contributed by atoms with van der Waals surface area (Å²) in [6.45, 7) is 3.66. The molecule has 0 unspecified atom stereocenters. The summed E-state index contributed by atoms with van der Waals surface area (Å²) < 4.78 is 0. The molecule has 4 heteroatoms. The fraction of sp³-hybridized carbons (Fsp3) is 0.154. The number of rotatable bonds is 2. The van der Waals surface area contributed by atoms with Crippen molar-refractivity contribution in [3.8, 4) is 11.3 Å². The molecular formula is C13H12N2O2. The van der Waals surface area contributed by atoms with Crippen molar-refractivity contribution in [1.29, 1.82) is 0 Å². The van der Waals surface area contributed by atoms with Crippen LogP contribution in [0.25, 0.3) is 11.3 Å². The van der Waals surface area contributed by atoms with E-state index in [2.05, 4.69) is 9.97 Å². The first-order chi connectivity index (χ1) is 8.09. The van der Waals surface area contributed by atoms with Crippen LogP contribution < -0.4 is 0 Å². The molecule has 2 aromatic heterocycles. The summed E-state index contributed by atoms with van der Waals surface area (Å²) in [4.78, 5) is 19.4. The van der Waals surface area contributed by atoms with Gasteiger partial charge in [0.05, 0.1) is 5.69 Å². The molecule has 86 valence electrons. The predicted molar refractivity (Wildman–Crippen MR) is 63.9 cm³/mol. The maximum atomic E-state index is 11.2. The minimum absolute atomic E-state index is 0.0480. The first kappa shape index (κ1) is 11.3. The molecule has 17 heavy (non-hydrogen) atoms. The lowest BCUT2D eigenvalue weighted by molar-refractivity contribution is 0.0691. The van der Waals surface area contributed by atoms with Crippen LogP contribution >= 0.6 is 0 Å². The number of hydrogen-bond donors (Lipinski definition) is 1. The summed E-state index contributed by atoms with van der Waals surface area (Å²) >= 11 is 0. The average molecular weight is 228 g/mol. The fourth-order valence-electron chi connectivity index (χ4n) is 1.68. The third-order valence-electron chi connectivity index (χ3n) is 2.50. The van der Waals surface area contributed by atoms with Gasteiger partial charge in [0.15, 0.2) is 5.69 Å². The van der Waals surface area contributed by atoms with Crippen LogP contribution in [0, 0.1) is 13.8 Å². The van der Waals surface area contributed by atoms with E-state index in [1.165, 1.54) is 0 Å². The van der Waals surface area contributed by atoms with Gasteiger partial charge in [-0.2, -0.15) is 0 Å². The molecular weight excluding hydrogens is 216 g/mol. The Balaban J connectivity index is 2.68. The lowest BCUT2D eigenvalue weighted by Gasteiger charge is -2.07. The third kappa shape index (κ3) is 2.15. The van der Waals surface area contributed by atoms with Crippen LogP contribution in [-0.4, -0.2) is 21.0 Å². The molecule has 0 aliphatic carbocycles. The van der Waals surface area contributed by atoms with Gasteiger partial charge < -0.3 is 5.11 Å². The topological polar surface area (TPSA) is 63.1 Å². The Hall–Kier alpha value is -2.23. The number of carboxylic acid groups (broad SMARTS) is 1. The van der Waals surface area contributed by atoms with Crippen LogP contribution in [0.4, 0.5) is 0 Å². The molecule has 0 aliphatic heterocycles. The average Bonchev–Trinajstić information content (AvgIpc) is 2.30. The lowest BCUT2D eigenvalue weighted by Crippen LogP contribution is -2.05. The van der Waals surface area contributed by atoms with Gasteiger partial charge in [-0.25, -0.2) is 9.78 Å². The monoisotopic (exact) mass is 228 g/mol. The van der Waals surface area contributed by atoms with Crippen molar-refractivity contribution in [1.82, 2.24) is 9.97 Å². The van der Waals surface area contributed by atoms with E-state index >= 15 is 0 Å². The van der Waals surface area contributed by atoms with Crippen molar-refractivity contribution in [3.05, 3.63) is 47.4 Å². The second kappa shape index (κ2) is 4.33. The number of aromatic nitrogens is 2. The Bertz CT molecular complexity index is 579. The van der Waals surface area contributed by atoms with E-state index < -0.39 is 5.97 Å². The van der Waals surface area contributed by atoms with E-state index in [9.17, 15) is 4.79 Å². The highest BCUT2D eigenvalue weighted by atomic mass is 16.4. The third-order valence-corrected chi connectivity index (χ3v) is 2.50. The quantitative estimate of drug-likeness (QED) is 0.857. The number of hydrogen-bond acceptors (Lipinski definition) is 3. The molecule has 0 radical (unpaired) electrons. The molecule has 0 saturated heterocycles. The highest BCUT2D eigenvalue weighted by Crippen LogP contribution is 2.23. The van der Waals surface area contributed by atoms with Gasteiger partial charge in [0.1, 0.15) is 0 Å². The second-order valence-electron chi connectivity index (χ2n) is 3.82. The summed E-state index contributed by atoms with van der Waals surface area (Å²) in [5.74, 6) is -1.03. The van der Waals surface area contributed by atoms with Gasteiger partial charge in [-0.15, -0.1) is 0 Å². The molecule has 2 aromatic rings.